The Bertz CT molecular complexity index is 216. The first-order valence-electron chi connectivity index (χ1n) is 4.41. The van der Waals surface area contributed by atoms with Gasteiger partial charge in [-0.05, 0) is 25.3 Å². The molecule has 1 N–H and O–H groups in total. The summed E-state index contributed by atoms with van der Waals surface area (Å²) in [7, 11) is 0. The zero-order valence-electron chi connectivity index (χ0n) is 7.87. The van der Waals surface area contributed by atoms with Gasteiger partial charge in [0.2, 0.25) is 0 Å². The zero-order chi connectivity index (χ0) is 9.30. The van der Waals surface area contributed by atoms with Gasteiger partial charge in [0.25, 0.3) is 0 Å². The van der Waals surface area contributed by atoms with Crippen LogP contribution in [0.3, 0.4) is 0 Å². The molecule has 2 nitrogen and oxygen atoms in total. The van der Waals surface area contributed by atoms with Gasteiger partial charge in [-0.3, -0.25) is 4.79 Å². The van der Waals surface area contributed by atoms with Gasteiger partial charge in [-0.15, -0.1) is 0 Å². The summed E-state index contributed by atoms with van der Waals surface area (Å²) >= 11 is 0. The van der Waals surface area contributed by atoms with Crippen LogP contribution in [0.1, 0.15) is 27.2 Å². The molecular weight excluding hydrogens is 152 g/mol. The molecule has 0 aromatic heterocycles. The van der Waals surface area contributed by atoms with Crippen molar-refractivity contribution in [3.05, 3.63) is 11.6 Å². The van der Waals surface area contributed by atoms with Crippen molar-refractivity contribution in [3.63, 3.8) is 0 Å². The number of ketones is 1. The highest BCUT2D eigenvalue weighted by Gasteiger charge is 2.31. The van der Waals surface area contributed by atoms with E-state index in [9.17, 15) is 9.90 Å². The average molecular weight is 168 g/mol. The molecule has 2 atom stereocenters. The first-order valence-corrected chi connectivity index (χ1v) is 4.41. The van der Waals surface area contributed by atoms with Crippen LogP contribution in [0.2, 0.25) is 0 Å². The highest BCUT2D eigenvalue weighted by atomic mass is 16.3. The molecule has 0 saturated heterocycles. The number of aliphatic hydroxyl groups is 1. The van der Waals surface area contributed by atoms with Crippen LogP contribution in [0, 0.1) is 11.8 Å². The van der Waals surface area contributed by atoms with Gasteiger partial charge in [0.15, 0.2) is 5.78 Å². The summed E-state index contributed by atoms with van der Waals surface area (Å²) in [4.78, 5) is 11.4. The summed E-state index contributed by atoms with van der Waals surface area (Å²) in [5.41, 5.74) is 0.990. The van der Waals surface area contributed by atoms with Gasteiger partial charge in [-0.25, -0.2) is 0 Å². The molecule has 12 heavy (non-hydrogen) atoms. The van der Waals surface area contributed by atoms with Gasteiger partial charge in [0.1, 0.15) is 0 Å². The first kappa shape index (κ1) is 9.46. The van der Waals surface area contributed by atoms with Crippen molar-refractivity contribution >= 4 is 5.78 Å². The van der Waals surface area contributed by atoms with E-state index in [-0.39, 0.29) is 17.6 Å². The van der Waals surface area contributed by atoms with Crippen LogP contribution < -0.4 is 0 Å². The molecule has 0 heterocycles. The summed E-state index contributed by atoms with van der Waals surface area (Å²) in [6.45, 7) is 5.83. The second-order valence-electron chi connectivity index (χ2n) is 3.93. The Balaban J connectivity index is 2.83. The van der Waals surface area contributed by atoms with Gasteiger partial charge in [0, 0.05) is 0 Å². The Hall–Kier alpha value is -0.630. The lowest BCUT2D eigenvalue weighted by Gasteiger charge is -2.27. The molecule has 0 radical (unpaired) electrons. The van der Waals surface area contributed by atoms with Crippen LogP contribution in [0.5, 0.6) is 0 Å². The second-order valence-corrected chi connectivity index (χ2v) is 3.93. The molecule has 0 amide bonds. The number of rotatable bonds is 1. The maximum atomic E-state index is 11.4. The van der Waals surface area contributed by atoms with Crippen LogP contribution in [0.4, 0.5) is 0 Å². The second kappa shape index (κ2) is 3.40. The lowest BCUT2D eigenvalue weighted by Crippen LogP contribution is -2.34. The van der Waals surface area contributed by atoms with E-state index in [0.29, 0.717) is 6.42 Å². The van der Waals surface area contributed by atoms with Gasteiger partial charge >= 0.3 is 0 Å². The Morgan fingerprint density at radius 1 is 1.58 bits per heavy atom. The number of aliphatic hydroxyl groups excluding tert-OH is 1. The molecule has 0 bridgehead atoms. The molecule has 1 rings (SSSR count). The minimum atomic E-state index is -0.470. The summed E-state index contributed by atoms with van der Waals surface area (Å²) in [5, 5.41) is 9.62. The number of hydrogen-bond acceptors (Lipinski definition) is 2. The van der Waals surface area contributed by atoms with E-state index in [0.717, 1.165) is 5.57 Å². The third-order valence-corrected chi connectivity index (χ3v) is 2.38. The SMILES string of the molecule is CC1=CC(=O)C(C(C)C)C(O)C1. The molecule has 0 aromatic carbocycles. The summed E-state index contributed by atoms with van der Waals surface area (Å²) in [6, 6.07) is 0. The lowest BCUT2D eigenvalue weighted by atomic mass is 9.79. The smallest absolute Gasteiger partial charge is 0.161 e. The number of hydrogen-bond donors (Lipinski definition) is 1. The molecule has 2 heteroatoms. The van der Waals surface area contributed by atoms with Crippen molar-refractivity contribution in [1.82, 2.24) is 0 Å². The number of carbonyl (C=O) groups is 1. The Kier molecular flexibility index (Phi) is 2.68. The fraction of sp³-hybridized carbons (Fsp3) is 0.700. The highest BCUT2D eigenvalue weighted by molar-refractivity contribution is 5.93. The maximum Gasteiger partial charge on any atom is 0.161 e. The molecule has 1 aliphatic carbocycles. The van der Waals surface area contributed by atoms with Gasteiger partial charge < -0.3 is 5.11 Å². The quantitative estimate of drug-likeness (QED) is 0.644. The Morgan fingerprint density at radius 2 is 2.17 bits per heavy atom. The van der Waals surface area contributed by atoms with E-state index in [2.05, 4.69) is 0 Å². The predicted octanol–water partition coefficient (Wildman–Crippen LogP) is 1.54. The van der Waals surface area contributed by atoms with Crippen molar-refractivity contribution in [2.45, 2.75) is 33.3 Å². The molecule has 0 aromatic rings. The molecule has 68 valence electrons. The summed E-state index contributed by atoms with van der Waals surface area (Å²) in [5.74, 6) is 0.131. The van der Waals surface area contributed by atoms with Crippen LogP contribution in [0.25, 0.3) is 0 Å². The van der Waals surface area contributed by atoms with Crippen molar-refractivity contribution in [2.75, 3.05) is 0 Å². The topological polar surface area (TPSA) is 37.3 Å². The molecule has 1 aliphatic rings. The third-order valence-electron chi connectivity index (χ3n) is 2.38. The van der Waals surface area contributed by atoms with Crippen LogP contribution >= 0.6 is 0 Å². The maximum absolute atomic E-state index is 11.4. The monoisotopic (exact) mass is 168 g/mol. The van der Waals surface area contributed by atoms with Crippen LogP contribution in [-0.2, 0) is 4.79 Å². The van der Waals surface area contributed by atoms with Crippen LogP contribution in [-0.4, -0.2) is 17.0 Å². The molecule has 0 aliphatic heterocycles. The van der Waals surface area contributed by atoms with Gasteiger partial charge in [-0.2, -0.15) is 0 Å². The predicted molar refractivity (Wildman–Crippen MR) is 47.7 cm³/mol. The third kappa shape index (κ3) is 1.75. The average Bonchev–Trinajstić information content (AvgIpc) is 1.82. The number of carbonyl (C=O) groups excluding carboxylic acids is 1. The lowest BCUT2D eigenvalue weighted by molar-refractivity contribution is -0.124. The largest absolute Gasteiger partial charge is 0.392 e. The summed E-state index contributed by atoms with van der Waals surface area (Å²) < 4.78 is 0. The van der Waals surface area contributed by atoms with E-state index in [1.165, 1.54) is 0 Å². The first-order chi connectivity index (χ1) is 5.52. The van der Waals surface area contributed by atoms with E-state index in [1.54, 1.807) is 6.08 Å². The molecule has 0 spiro atoms. The zero-order valence-corrected chi connectivity index (χ0v) is 7.87. The fourth-order valence-electron chi connectivity index (χ4n) is 1.82. The fourth-order valence-corrected chi connectivity index (χ4v) is 1.82. The molecule has 0 saturated carbocycles. The van der Waals surface area contributed by atoms with E-state index in [4.69, 9.17) is 0 Å². The van der Waals surface area contributed by atoms with Crippen molar-refractivity contribution in [3.8, 4) is 0 Å². The van der Waals surface area contributed by atoms with E-state index in [1.807, 2.05) is 20.8 Å². The minimum Gasteiger partial charge on any atom is -0.392 e. The van der Waals surface area contributed by atoms with Gasteiger partial charge in [0.05, 0.1) is 12.0 Å². The molecule has 0 fully saturated rings. The number of allylic oxidation sites excluding steroid dienone is 1. The highest BCUT2D eigenvalue weighted by Crippen LogP contribution is 2.26. The van der Waals surface area contributed by atoms with Crippen LogP contribution in [0.15, 0.2) is 11.6 Å². The van der Waals surface area contributed by atoms with Crippen molar-refractivity contribution < 1.29 is 9.90 Å². The minimum absolute atomic E-state index is 0.0845. The summed E-state index contributed by atoms with van der Waals surface area (Å²) in [6.07, 6.45) is 1.84. The normalized spacial score (nSPS) is 30.8. The van der Waals surface area contributed by atoms with E-state index < -0.39 is 6.10 Å². The van der Waals surface area contributed by atoms with Crippen molar-refractivity contribution in [1.29, 1.82) is 0 Å². The molecule has 2 unspecified atom stereocenters. The molecular formula is C10H16O2. The Morgan fingerprint density at radius 3 is 2.58 bits per heavy atom. The van der Waals surface area contributed by atoms with E-state index >= 15 is 0 Å². The Labute approximate surface area is 73.3 Å². The standard InChI is InChI=1S/C10H16O2/c1-6(2)10-8(11)4-7(3)5-9(10)12/h4,6,9-10,12H,5H2,1-3H3. The van der Waals surface area contributed by atoms with Gasteiger partial charge in [-0.1, -0.05) is 19.4 Å². The van der Waals surface area contributed by atoms with Crippen molar-refractivity contribution in [2.24, 2.45) is 11.8 Å².